The van der Waals surface area contributed by atoms with Gasteiger partial charge in [0.15, 0.2) is 6.61 Å². The Kier molecular flexibility index (Phi) is 3.60. The van der Waals surface area contributed by atoms with Gasteiger partial charge in [-0.2, -0.15) is 18.3 Å². The highest BCUT2D eigenvalue weighted by Gasteiger charge is 2.29. The van der Waals surface area contributed by atoms with Crippen molar-refractivity contribution in [3.8, 4) is 17.0 Å². The van der Waals surface area contributed by atoms with E-state index in [0.717, 1.165) is 0 Å². The van der Waals surface area contributed by atoms with E-state index in [2.05, 4.69) is 26.1 Å². The second-order valence-electron chi connectivity index (χ2n) is 3.51. The Morgan fingerprint density at radius 3 is 2.67 bits per heavy atom. The lowest BCUT2D eigenvalue weighted by Crippen LogP contribution is -2.19. The molecule has 96 valence electrons. The molecule has 2 aromatic rings. The maximum atomic E-state index is 12.2. The third kappa shape index (κ3) is 3.25. The molecule has 18 heavy (non-hydrogen) atoms. The summed E-state index contributed by atoms with van der Waals surface area (Å²) in [7, 11) is 0. The molecule has 0 radical (unpaired) electrons. The van der Waals surface area contributed by atoms with Gasteiger partial charge in [0, 0.05) is 16.2 Å². The minimum absolute atomic E-state index is 0.144. The molecule has 2 rings (SSSR count). The summed E-state index contributed by atoms with van der Waals surface area (Å²) >= 11 is 3.19. The third-order valence-electron chi connectivity index (χ3n) is 2.13. The van der Waals surface area contributed by atoms with Crippen molar-refractivity contribution in [2.45, 2.75) is 6.18 Å². The number of aromatic nitrogens is 2. The lowest BCUT2D eigenvalue weighted by Gasteiger charge is -2.12. The van der Waals surface area contributed by atoms with E-state index in [0.29, 0.717) is 15.7 Å². The molecule has 1 N–H and O–H groups in total. The third-order valence-corrected chi connectivity index (χ3v) is 2.62. The maximum absolute atomic E-state index is 12.2. The fourth-order valence-electron chi connectivity index (χ4n) is 1.40. The molecule has 1 heterocycles. The molecule has 0 bridgehead atoms. The van der Waals surface area contributed by atoms with Gasteiger partial charge in [-0.3, -0.25) is 5.10 Å². The summed E-state index contributed by atoms with van der Waals surface area (Å²) in [5.41, 5.74) is 1.12. The Bertz CT molecular complexity index is 526. The molecular weight excluding hydrogens is 313 g/mol. The summed E-state index contributed by atoms with van der Waals surface area (Å²) in [4.78, 5) is 0. The summed E-state index contributed by atoms with van der Waals surface area (Å²) in [6.07, 6.45) is -2.85. The van der Waals surface area contributed by atoms with Crippen LogP contribution < -0.4 is 4.74 Å². The predicted octanol–water partition coefficient (Wildman–Crippen LogP) is 3.78. The molecule has 0 saturated carbocycles. The molecule has 1 aromatic heterocycles. The molecule has 1 aromatic carbocycles. The van der Waals surface area contributed by atoms with Gasteiger partial charge in [-0.25, -0.2) is 0 Å². The van der Waals surface area contributed by atoms with Crippen LogP contribution in [0.2, 0.25) is 0 Å². The van der Waals surface area contributed by atoms with Crippen LogP contribution in [0.15, 0.2) is 34.9 Å². The van der Waals surface area contributed by atoms with Gasteiger partial charge in [-0.1, -0.05) is 15.9 Å². The Balaban J connectivity index is 2.30. The number of rotatable bonds is 3. The van der Waals surface area contributed by atoms with Crippen LogP contribution in [-0.2, 0) is 0 Å². The molecule has 0 fully saturated rings. The van der Waals surface area contributed by atoms with Crippen molar-refractivity contribution in [2.75, 3.05) is 6.61 Å². The van der Waals surface area contributed by atoms with Gasteiger partial charge in [0.05, 0.1) is 5.69 Å². The van der Waals surface area contributed by atoms with E-state index in [9.17, 15) is 13.2 Å². The molecule has 0 aliphatic heterocycles. The Morgan fingerprint density at radius 1 is 1.28 bits per heavy atom. The van der Waals surface area contributed by atoms with E-state index in [1.807, 2.05) is 0 Å². The SMILES string of the molecule is FC(F)(F)COc1cc(Br)ccc1-c1ccn[nH]1. The summed E-state index contributed by atoms with van der Waals surface area (Å²) < 4.78 is 41.9. The summed E-state index contributed by atoms with van der Waals surface area (Å²) in [5.74, 6) is 0.144. The summed E-state index contributed by atoms with van der Waals surface area (Å²) in [6.45, 7) is -1.33. The molecule has 0 aliphatic rings. The van der Waals surface area contributed by atoms with Gasteiger partial charge in [-0.05, 0) is 24.3 Å². The lowest BCUT2D eigenvalue weighted by molar-refractivity contribution is -0.153. The van der Waals surface area contributed by atoms with E-state index in [1.165, 1.54) is 12.3 Å². The average molecular weight is 321 g/mol. The van der Waals surface area contributed by atoms with Crippen LogP contribution in [0.3, 0.4) is 0 Å². The van der Waals surface area contributed by atoms with Crippen molar-refractivity contribution < 1.29 is 17.9 Å². The van der Waals surface area contributed by atoms with Crippen LogP contribution in [0.4, 0.5) is 13.2 Å². The first-order valence-electron chi connectivity index (χ1n) is 4.94. The Labute approximate surface area is 109 Å². The van der Waals surface area contributed by atoms with Crippen molar-refractivity contribution in [2.24, 2.45) is 0 Å². The van der Waals surface area contributed by atoms with Crippen LogP contribution in [-0.4, -0.2) is 23.0 Å². The van der Waals surface area contributed by atoms with Crippen LogP contribution in [0.5, 0.6) is 5.75 Å². The Morgan fingerprint density at radius 2 is 2.06 bits per heavy atom. The van der Waals surface area contributed by atoms with Gasteiger partial charge in [-0.15, -0.1) is 0 Å². The molecule has 0 spiro atoms. The lowest BCUT2D eigenvalue weighted by atomic mass is 10.1. The number of hydrogen-bond acceptors (Lipinski definition) is 2. The molecule has 0 saturated heterocycles. The van der Waals surface area contributed by atoms with E-state index >= 15 is 0 Å². The molecule has 0 amide bonds. The smallest absolute Gasteiger partial charge is 0.422 e. The first-order chi connectivity index (χ1) is 8.46. The molecular formula is C11H8BrF3N2O. The average Bonchev–Trinajstić information content (AvgIpc) is 2.79. The minimum Gasteiger partial charge on any atom is -0.483 e. The first-order valence-corrected chi connectivity index (χ1v) is 5.74. The summed E-state index contributed by atoms with van der Waals surface area (Å²) in [6, 6.07) is 6.52. The van der Waals surface area contributed by atoms with E-state index in [-0.39, 0.29) is 5.75 Å². The number of alkyl halides is 3. The zero-order chi connectivity index (χ0) is 13.2. The van der Waals surface area contributed by atoms with E-state index < -0.39 is 12.8 Å². The number of nitrogens with zero attached hydrogens (tertiary/aromatic N) is 1. The van der Waals surface area contributed by atoms with Crippen molar-refractivity contribution in [3.63, 3.8) is 0 Å². The maximum Gasteiger partial charge on any atom is 0.422 e. The van der Waals surface area contributed by atoms with Gasteiger partial charge in [0.2, 0.25) is 0 Å². The number of hydrogen-bond donors (Lipinski definition) is 1. The van der Waals surface area contributed by atoms with Crippen molar-refractivity contribution in [1.29, 1.82) is 0 Å². The number of H-pyrrole nitrogens is 1. The van der Waals surface area contributed by atoms with E-state index in [1.54, 1.807) is 18.2 Å². The minimum atomic E-state index is -4.37. The number of aromatic amines is 1. The zero-order valence-electron chi connectivity index (χ0n) is 8.96. The first kappa shape index (κ1) is 12.9. The van der Waals surface area contributed by atoms with Crippen LogP contribution in [0.1, 0.15) is 0 Å². The molecule has 0 unspecified atom stereocenters. The largest absolute Gasteiger partial charge is 0.483 e. The molecule has 0 atom stereocenters. The monoisotopic (exact) mass is 320 g/mol. The number of nitrogens with one attached hydrogen (secondary N) is 1. The topological polar surface area (TPSA) is 37.9 Å². The quantitative estimate of drug-likeness (QED) is 0.934. The normalized spacial score (nSPS) is 11.6. The van der Waals surface area contributed by atoms with Crippen LogP contribution >= 0.6 is 15.9 Å². The highest BCUT2D eigenvalue weighted by molar-refractivity contribution is 9.10. The van der Waals surface area contributed by atoms with Crippen molar-refractivity contribution >= 4 is 15.9 Å². The number of benzene rings is 1. The van der Waals surface area contributed by atoms with Crippen molar-refractivity contribution in [3.05, 3.63) is 34.9 Å². The molecule has 7 heteroatoms. The highest BCUT2D eigenvalue weighted by Crippen LogP contribution is 2.32. The van der Waals surface area contributed by atoms with E-state index in [4.69, 9.17) is 4.74 Å². The second-order valence-corrected chi connectivity index (χ2v) is 4.43. The van der Waals surface area contributed by atoms with Gasteiger partial charge < -0.3 is 4.74 Å². The van der Waals surface area contributed by atoms with Crippen LogP contribution in [0, 0.1) is 0 Å². The van der Waals surface area contributed by atoms with Gasteiger partial charge in [0.1, 0.15) is 5.75 Å². The Hall–Kier alpha value is -1.50. The fourth-order valence-corrected chi connectivity index (χ4v) is 1.74. The second kappa shape index (κ2) is 5.01. The standard InChI is InChI=1S/C11H8BrF3N2O/c12-7-1-2-8(9-3-4-16-17-9)10(5-7)18-6-11(13,14)15/h1-5H,6H2,(H,16,17). The van der Waals surface area contributed by atoms with Gasteiger partial charge >= 0.3 is 6.18 Å². The van der Waals surface area contributed by atoms with Gasteiger partial charge in [0.25, 0.3) is 0 Å². The van der Waals surface area contributed by atoms with Crippen LogP contribution in [0.25, 0.3) is 11.3 Å². The number of ether oxygens (including phenoxy) is 1. The highest BCUT2D eigenvalue weighted by atomic mass is 79.9. The summed E-state index contributed by atoms with van der Waals surface area (Å²) in [5, 5.41) is 6.44. The molecule has 0 aliphatic carbocycles. The fraction of sp³-hybridized carbons (Fsp3) is 0.182. The van der Waals surface area contributed by atoms with Crippen molar-refractivity contribution in [1.82, 2.24) is 10.2 Å². The predicted molar refractivity (Wildman–Crippen MR) is 63.3 cm³/mol. The zero-order valence-corrected chi connectivity index (χ0v) is 10.5. The molecule has 3 nitrogen and oxygen atoms in total. The number of halogens is 4.